The van der Waals surface area contributed by atoms with Crippen molar-refractivity contribution in [3.63, 3.8) is 0 Å². The van der Waals surface area contributed by atoms with Crippen LogP contribution < -0.4 is 4.72 Å². The number of hydrogen-bond acceptors (Lipinski definition) is 4. The molecule has 0 saturated carbocycles. The molecule has 0 saturated heterocycles. The summed E-state index contributed by atoms with van der Waals surface area (Å²) in [5.74, 6) is 0. The van der Waals surface area contributed by atoms with Crippen molar-refractivity contribution in [1.29, 1.82) is 0 Å². The van der Waals surface area contributed by atoms with E-state index in [-0.39, 0.29) is 5.69 Å². The van der Waals surface area contributed by atoms with Gasteiger partial charge in [-0.2, -0.15) is 0 Å². The highest BCUT2D eigenvalue weighted by Crippen LogP contribution is 2.43. The van der Waals surface area contributed by atoms with E-state index in [9.17, 15) is 10.1 Å². The largest absolute Gasteiger partial charge is 0.269 e. The van der Waals surface area contributed by atoms with E-state index in [2.05, 4.69) is 4.72 Å². The highest BCUT2D eigenvalue weighted by atomic mass is 35.6. The van der Waals surface area contributed by atoms with Crippen molar-refractivity contribution in [3.05, 3.63) is 33.9 Å². The standard InChI is InChI=1S/C10H11Cl3N2O2S/c1-2-5-14-18-9-4-3-7(15(16)17)6-8(9)10(11,12)13/h3-4,6,14H,2,5H2,1H3. The summed E-state index contributed by atoms with van der Waals surface area (Å²) in [5.41, 5.74) is 0.200. The van der Waals surface area contributed by atoms with E-state index >= 15 is 0 Å². The summed E-state index contributed by atoms with van der Waals surface area (Å²) >= 11 is 18.8. The highest BCUT2D eigenvalue weighted by molar-refractivity contribution is 7.97. The van der Waals surface area contributed by atoms with Crippen LogP contribution in [-0.2, 0) is 3.79 Å². The average Bonchev–Trinajstić information content (AvgIpc) is 2.28. The van der Waals surface area contributed by atoms with Crippen molar-refractivity contribution in [2.24, 2.45) is 0 Å². The first-order valence-corrected chi connectivity index (χ1v) is 7.06. The monoisotopic (exact) mass is 328 g/mol. The lowest BCUT2D eigenvalue weighted by Gasteiger charge is -2.15. The third-order valence-corrected chi connectivity index (χ3v) is 3.55. The first-order valence-electron chi connectivity index (χ1n) is 5.11. The van der Waals surface area contributed by atoms with E-state index < -0.39 is 8.72 Å². The first kappa shape index (κ1) is 15.9. The van der Waals surface area contributed by atoms with E-state index in [1.807, 2.05) is 6.92 Å². The van der Waals surface area contributed by atoms with Crippen LogP contribution in [0.3, 0.4) is 0 Å². The molecule has 18 heavy (non-hydrogen) atoms. The van der Waals surface area contributed by atoms with Crippen LogP contribution in [0.4, 0.5) is 5.69 Å². The molecule has 0 amide bonds. The fourth-order valence-corrected chi connectivity index (χ4v) is 2.73. The van der Waals surface area contributed by atoms with Gasteiger partial charge in [-0.15, -0.1) is 0 Å². The number of nitro benzene ring substituents is 1. The molecule has 0 aliphatic carbocycles. The number of nitro groups is 1. The second-order valence-electron chi connectivity index (χ2n) is 3.43. The van der Waals surface area contributed by atoms with Gasteiger partial charge in [-0.3, -0.25) is 14.8 Å². The summed E-state index contributed by atoms with van der Waals surface area (Å²) < 4.78 is 1.39. The van der Waals surface area contributed by atoms with Crippen LogP contribution in [0.15, 0.2) is 23.1 Å². The minimum absolute atomic E-state index is 0.101. The molecule has 0 atom stereocenters. The van der Waals surface area contributed by atoms with Crippen molar-refractivity contribution in [2.75, 3.05) is 6.54 Å². The molecular weight excluding hydrogens is 319 g/mol. The summed E-state index contributed by atoms with van der Waals surface area (Å²) in [6.45, 7) is 2.82. The minimum atomic E-state index is -1.69. The van der Waals surface area contributed by atoms with Crippen molar-refractivity contribution >= 4 is 52.4 Å². The van der Waals surface area contributed by atoms with Gasteiger partial charge in [0.2, 0.25) is 3.79 Å². The third kappa shape index (κ3) is 4.48. The van der Waals surface area contributed by atoms with E-state index in [1.54, 1.807) is 6.07 Å². The number of non-ortho nitro benzene ring substituents is 1. The average molecular weight is 330 g/mol. The van der Waals surface area contributed by atoms with Crippen molar-refractivity contribution < 1.29 is 4.92 Å². The Bertz CT molecular complexity index is 438. The number of halogens is 3. The molecule has 0 heterocycles. The Morgan fingerprint density at radius 3 is 2.61 bits per heavy atom. The Kier molecular flexibility index (Phi) is 6.01. The molecule has 8 heteroatoms. The Hall–Kier alpha value is -0.200. The van der Waals surface area contributed by atoms with Crippen LogP contribution in [0.5, 0.6) is 0 Å². The molecule has 0 aliphatic heterocycles. The van der Waals surface area contributed by atoms with Crippen LogP contribution in [-0.4, -0.2) is 11.5 Å². The fourth-order valence-electron chi connectivity index (χ4n) is 1.17. The van der Waals surface area contributed by atoms with Gasteiger partial charge in [0.15, 0.2) is 0 Å². The topological polar surface area (TPSA) is 55.2 Å². The Morgan fingerprint density at radius 1 is 1.44 bits per heavy atom. The summed E-state index contributed by atoms with van der Waals surface area (Å²) in [4.78, 5) is 10.8. The molecule has 0 spiro atoms. The maximum Gasteiger partial charge on any atom is 0.269 e. The number of nitrogens with zero attached hydrogens (tertiary/aromatic N) is 1. The van der Waals surface area contributed by atoms with Crippen LogP contribution in [0.2, 0.25) is 0 Å². The summed E-state index contributed by atoms with van der Waals surface area (Å²) in [6, 6.07) is 4.24. The van der Waals surface area contributed by atoms with E-state index in [4.69, 9.17) is 34.8 Å². The van der Waals surface area contributed by atoms with Gasteiger partial charge in [0.05, 0.1) is 4.92 Å². The fraction of sp³-hybridized carbons (Fsp3) is 0.400. The molecule has 1 rings (SSSR count). The molecular formula is C10H11Cl3N2O2S. The molecule has 100 valence electrons. The molecule has 4 nitrogen and oxygen atoms in total. The van der Waals surface area contributed by atoms with Gasteiger partial charge >= 0.3 is 0 Å². The summed E-state index contributed by atoms with van der Waals surface area (Å²) in [5, 5.41) is 10.7. The number of hydrogen-bond donors (Lipinski definition) is 1. The Morgan fingerprint density at radius 2 is 2.11 bits per heavy atom. The Balaban J connectivity index is 3.05. The molecule has 1 aromatic rings. The van der Waals surface area contributed by atoms with Gasteiger partial charge in [-0.25, -0.2) is 0 Å². The number of alkyl halides is 3. The first-order chi connectivity index (χ1) is 8.36. The van der Waals surface area contributed by atoms with Crippen molar-refractivity contribution in [1.82, 2.24) is 4.72 Å². The molecule has 0 aliphatic rings. The van der Waals surface area contributed by atoms with Gasteiger partial charge in [0, 0.05) is 29.1 Å². The zero-order valence-electron chi connectivity index (χ0n) is 9.45. The molecule has 0 fully saturated rings. The van der Waals surface area contributed by atoms with Crippen molar-refractivity contribution in [3.8, 4) is 0 Å². The predicted octanol–water partition coefficient (Wildman–Crippen LogP) is 4.43. The van der Waals surface area contributed by atoms with Crippen LogP contribution in [0.1, 0.15) is 18.9 Å². The SMILES string of the molecule is CCCNSc1ccc([N+](=O)[O-])cc1C(Cl)(Cl)Cl. The van der Waals surface area contributed by atoms with Gasteiger partial charge in [-0.1, -0.05) is 41.7 Å². The highest BCUT2D eigenvalue weighted by Gasteiger charge is 2.28. The van der Waals surface area contributed by atoms with Gasteiger partial charge < -0.3 is 0 Å². The zero-order chi connectivity index (χ0) is 13.8. The smallest absolute Gasteiger partial charge is 0.260 e. The van der Waals surface area contributed by atoms with Crippen LogP contribution in [0.25, 0.3) is 0 Å². The third-order valence-electron chi connectivity index (χ3n) is 2.01. The lowest BCUT2D eigenvalue weighted by Crippen LogP contribution is -2.08. The maximum atomic E-state index is 10.7. The van der Waals surface area contributed by atoms with Gasteiger partial charge in [0.1, 0.15) is 0 Å². The van der Waals surface area contributed by atoms with Crippen LogP contribution >= 0.6 is 46.8 Å². The normalized spacial score (nSPS) is 11.6. The lowest BCUT2D eigenvalue weighted by molar-refractivity contribution is -0.385. The van der Waals surface area contributed by atoms with E-state index in [1.165, 1.54) is 24.1 Å². The maximum absolute atomic E-state index is 10.7. The Labute approximate surface area is 124 Å². The van der Waals surface area contributed by atoms with Crippen molar-refractivity contribution in [2.45, 2.75) is 22.0 Å². The summed E-state index contributed by atoms with van der Waals surface area (Å²) in [7, 11) is 0. The minimum Gasteiger partial charge on any atom is -0.260 e. The lowest BCUT2D eigenvalue weighted by atomic mass is 10.2. The molecule has 0 radical (unpaired) electrons. The molecule has 0 unspecified atom stereocenters. The second-order valence-corrected chi connectivity index (χ2v) is 6.65. The molecule has 1 N–H and O–H groups in total. The van der Waals surface area contributed by atoms with E-state index in [0.29, 0.717) is 10.5 Å². The number of benzene rings is 1. The summed E-state index contributed by atoms with van der Waals surface area (Å²) in [6.07, 6.45) is 0.961. The quantitative estimate of drug-likeness (QED) is 0.285. The molecule has 0 aromatic heterocycles. The number of rotatable bonds is 5. The molecule has 1 aromatic carbocycles. The van der Waals surface area contributed by atoms with Crippen LogP contribution in [0, 0.1) is 10.1 Å². The van der Waals surface area contributed by atoms with E-state index in [0.717, 1.165) is 13.0 Å². The zero-order valence-corrected chi connectivity index (χ0v) is 12.5. The molecule has 0 bridgehead atoms. The predicted molar refractivity (Wildman–Crippen MR) is 76.5 cm³/mol. The van der Waals surface area contributed by atoms with Gasteiger partial charge in [0.25, 0.3) is 5.69 Å². The second kappa shape index (κ2) is 6.82. The number of nitrogens with one attached hydrogen (secondary N) is 1. The van der Waals surface area contributed by atoms with Gasteiger partial charge in [-0.05, 0) is 24.4 Å².